The predicted molar refractivity (Wildman–Crippen MR) is 125 cm³/mol. The molecular formula is C23H17N3O7S. The Morgan fingerprint density at radius 3 is 2.59 bits per heavy atom. The number of carbonyl (C=O) groups excluding carboxylic acids is 3. The third-order valence-electron chi connectivity index (χ3n) is 4.82. The lowest BCUT2D eigenvalue weighted by Crippen LogP contribution is -2.36. The highest BCUT2D eigenvalue weighted by molar-refractivity contribution is 8.18. The molecule has 2 heterocycles. The fourth-order valence-electron chi connectivity index (χ4n) is 3.18. The number of methoxy groups -OCH3 is 1. The summed E-state index contributed by atoms with van der Waals surface area (Å²) < 4.78 is 10.9. The van der Waals surface area contributed by atoms with Crippen molar-refractivity contribution in [2.75, 3.05) is 19.0 Å². The fourth-order valence-corrected chi connectivity index (χ4v) is 4.00. The van der Waals surface area contributed by atoms with Crippen LogP contribution in [0.15, 0.2) is 70.0 Å². The molecule has 0 bridgehead atoms. The molecule has 1 aromatic heterocycles. The van der Waals surface area contributed by atoms with E-state index in [1.54, 1.807) is 48.5 Å². The van der Waals surface area contributed by atoms with Gasteiger partial charge < -0.3 is 14.5 Å². The normalized spacial score (nSPS) is 14.5. The molecule has 0 spiro atoms. The molecule has 1 aliphatic rings. The van der Waals surface area contributed by atoms with Crippen molar-refractivity contribution in [2.24, 2.45) is 0 Å². The molecule has 10 nitrogen and oxygen atoms in total. The van der Waals surface area contributed by atoms with Gasteiger partial charge in [-0.25, -0.2) is 0 Å². The molecule has 2 aromatic carbocycles. The maximum Gasteiger partial charge on any atom is 0.294 e. The van der Waals surface area contributed by atoms with Crippen molar-refractivity contribution >= 4 is 46.3 Å². The van der Waals surface area contributed by atoms with Gasteiger partial charge in [0, 0.05) is 23.8 Å². The molecule has 0 unspecified atom stereocenters. The zero-order chi connectivity index (χ0) is 24.2. The van der Waals surface area contributed by atoms with Crippen molar-refractivity contribution < 1.29 is 28.5 Å². The van der Waals surface area contributed by atoms with E-state index in [1.807, 2.05) is 0 Å². The Bertz CT molecular complexity index is 1310. The van der Waals surface area contributed by atoms with Crippen LogP contribution in [-0.4, -0.2) is 40.5 Å². The number of carbonyl (C=O) groups is 3. The SMILES string of the molecule is COc1ccccc1NC(=O)CN1C(=O)S/C(=C/c2ccc(-c3ccc([N+](=O)[O-])cc3)o2)C1=O. The Labute approximate surface area is 197 Å². The van der Waals surface area contributed by atoms with Crippen LogP contribution in [0, 0.1) is 10.1 Å². The van der Waals surface area contributed by atoms with Crippen molar-refractivity contribution in [3.05, 3.63) is 81.4 Å². The number of nitrogens with zero attached hydrogens (tertiary/aromatic N) is 2. The number of ether oxygens (including phenoxy) is 1. The van der Waals surface area contributed by atoms with E-state index >= 15 is 0 Å². The topological polar surface area (TPSA) is 132 Å². The Balaban J connectivity index is 1.44. The number of furan rings is 1. The summed E-state index contributed by atoms with van der Waals surface area (Å²) in [6.45, 7) is -0.452. The van der Waals surface area contributed by atoms with Gasteiger partial charge in [-0.3, -0.25) is 29.4 Å². The summed E-state index contributed by atoms with van der Waals surface area (Å²) in [6.07, 6.45) is 1.41. The first-order valence-electron chi connectivity index (χ1n) is 9.88. The summed E-state index contributed by atoms with van der Waals surface area (Å²) in [5, 5.41) is 12.8. The molecule has 1 fully saturated rings. The third kappa shape index (κ3) is 4.84. The van der Waals surface area contributed by atoms with Crippen molar-refractivity contribution in [2.45, 2.75) is 0 Å². The fraction of sp³-hybridized carbons (Fsp3) is 0.0870. The van der Waals surface area contributed by atoms with Crippen LogP contribution >= 0.6 is 11.8 Å². The first-order valence-corrected chi connectivity index (χ1v) is 10.7. The van der Waals surface area contributed by atoms with Crippen LogP contribution in [0.5, 0.6) is 5.75 Å². The second-order valence-electron chi connectivity index (χ2n) is 7.02. The minimum absolute atomic E-state index is 0.0426. The van der Waals surface area contributed by atoms with E-state index in [4.69, 9.17) is 9.15 Å². The lowest BCUT2D eigenvalue weighted by atomic mass is 10.1. The highest BCUT2D eigenvalue weighted by Gasteiger charge is 2.36. The number of hydrogen-bond acceptors (Lipinski definition) is 8. The summed E-state index contributed by atoms with van der Waals surface area (Å²) in [5.41, 5.74) is 0.997. The summed E-state index contributed by atoms with van der Waals surface area (Å²) in [6, 6.07) is 15.9. The van der Waals surface area contributed by atoms with Crippen molar-refractivity contribution in [1.82, 2.24) is 4.90 Å². The van der Waals surface area contributed by atoms with E-state index in [2.05, 4.69) is 5.32 Å². The molecule has 0 saturated carbocycles. The van der Waals surface area contributed by atoms with Gasteiger partial charge in [-0.05, 0) is 48.2 Å². The number of nitro benzene ring substituents is 1. The van der Waals surface area contributed by atoms with Gasteiger partial charge in [0.05, 0.1) is 22.6 Å². The van der Waals surface area contributed by atoms with Gasteiger partial charge in [0.2, 0.25) is 5.91 Å². The molecule has 11 heteroatoms. The monoisotopic (exact) mass is 479 g/mol. The number of anilines is 1. The molecule has 172 valence electrons. The Morgan fingerprint density at radius 1 is 1.15 bits per heavy atom. The third-order valence-corrected chi connectivity index (χ3v) is 5.73. The minimum atomic E-state index is -0.613. The van der Waals surface area contributed by atoms with Crippen LogP contribution in [0.25, 0.3) is 17.4 Å². The first kappa shape index (κ1) is 22.8. The minimum Gasteiger partial charge on any atom is -0.495 e. The molecule has 0 aliphatic carbocycles. The van der Waals surface area contributed by atoms with Gasteiger partial charge in [0.15, 0.2) is 0 Å². The maximum absolute atomic E-state index is 12.7. The molecule has 0 atom stereocenters. The van der Waals surface area contributed by atoms with E-state index in [9.17, 15) is 24.5 Å². The molecule has 4 rings (SSSR count). The van der Waals surface area contributed by atoms with E-state index < -0.39 is 28.5 Å². The molecule has 34 heavy (non-hydrogen) atoms. The van der Waals surface area contributed by atoms with Crippen LogP contribution in [0.3, 0.4) is 0 Å². The maximum atomic E-state index is 12.7. The van der Waals surface area contributed by atoms with Gasteiger partial charge in [-0.2, -0.15) is 0 Å². The highest BCUT2D eigenvalue weighted by Crippen LogP contribution is 2.33. The van der Waals surface area contributed by atoms with Crippen molar-refractivity contribution in [1.29, 1.82) is 0 Å². The number of rotatable bonds is 7. The number of thioether (sulfide) groups is 1. The molecular weight excluding hydrogens is 462 g/mol. The van der Waals surface area contributed by atoms with Crippen LogP contribution in [0.1, 0.15) is 5.76 Å². The van der Waals surface area contributed by atoms with E-state index in [0.29, 0.717) is 40.3 Å². The highest BCUT2D eigenvalue weighted by atomic mass is 32.2. The lowest BCUT2D eigenvalue weighted by Gasteiger charge is -2.14. The van der Waals surface area contributed by atoms with Gasteiger partial charge in [-0.15, -0.1) is 0 Å². The second kappa shape index (κ2) is 9.63. The Hall–Kier alpha value is -4.38. The van der Waals surface area contributed by atoms with Crippen molar-refractivity contribution in [3.8, 4) is 17.1 Å². The molecule has 3 aromatic rings. The first-order chi connectivity index (χ1) is 16.4. The number of nitrogens with one attached hydrogen (secondary N) is 1. The van der Waals surface area contributed by atoms with Crippen molar-refractivity contribution in [3.63, 3.8) is 0 Å². The number of amides is 3. The van der Waals surface area contributed by atoms with Crippen LogP contribution in [-0.2, 0) is 9.59 Å². The van der Waals surface area contributed by atoms with Gasteiger partial charge in [0.1, 0.15) is 23.8 Å². The number of benzene rings is 2. The average molecular weight is 479 g/mol. The molecule has 1 saturated heterocycles. The van der Waals surface area contributed by atoms with E-state index in [0.717, 1.165) is 4.90 Å². The lowest BCUT2D eigenvalue weighted by molar-refractivity contribution is -0.384. The largest absolute Gasteiger partial charge is 0.495 e. The van der Waals surface area contributed by atoms with Gasteiger partial charge in [0.25, 0.3) is 16.8 Å². The van der Waals surface area contributed by atoms with E-state index in [-0.39, 0.29) is 10.6 Å². The summed E-state index contributed by atoms with van der Waals surface area (Å²) in [4.78, 5) is 48.7. The summed E-state index contributed by atoms with van der Waals surface area (Å²) in [7, 11) is 1.47. The molecule has 3 amide bonds. The Kier molecular flexibility index (Phi) is 6.46. The molecule has 0 radical (unpaired) electrons. The van der Waals surface area contributed by atoms with Crippen LogP contribution in [0.2, 0.25) is 0 Å². The van der Waals surface area contributed by atoms with E-state index in [1.165, 1.54) is 25.3 Å². The number of hydrogen-bond donors (Lipinski definition) is 1. The molecule has 1 N–H and O–H groups in total. The van der Waals surface area contributed by atoms with Crippen LogP contribution < -0.4 is 10.1 Å². The van der Waals surface area contributed by atoms with Crippen LogP contribution in [0.4, 0.5) is 16.2 Å². The number of nitro groups is 1. The number of para-hydroxylation sites is 2. The quantitative estimate of drug-likeness (QED) is 0.297. The predicted octanol–water partition coefficient (Wildman–Crippen LogP) is 4.54. The van der Waals surface area contributed by atoms with Gasteiger partial charge >= 0.3 is 0 Å². The Morgan fingerprint density at radius 2 is 1.88 bits per heavy atom. The van der Waals surface area contributed by atoms with Gasteiger partial charge in [-0.1, -0.05) is 12.1 Å². The zero-order valence-corrected chi connectivity index (χ0v) is 18.5. The second-order valence-corrected chi connectivity index (χ2v) is 8.02. The smallest absolute Gasteiger partial charge is 0.294 e. The summed E-state index contributed by atoms with van der Waals surface area (Å²) >= 11 is 0.702. The summed E-state index contributed by atoms with van der Waals surface area (Å²) in [5.74, 6) is 0.0467. The number of non-ortho nitro benzene ring substituents is 1. The number of imide groups is 1. The standard InChI is InChI=1S/C23H17N3O7S/c1-32-19-5-3-2-4-17(19)24-21(27)13-25-22(28)20(34-23(25)29)12-16-10-11-18(33-16)14-6-8-15(9-7-14)26(30)31/h2-12H,13H2,1H3,(H,24,27)/b20-12+. The molecule has 1 aliphatic heterocycles. The average Bonchev–Trinajstić information content (AvgIpc) is 3.40. The zero-order valence-electron chi connectivity index (χ0n) is 17.7.